The number of carboxylic acid groups (broad SMARTS) is 1. The molecule has 1 heterocycles. The first kappa shape index (κ1) is 76.3. The molecule has 0 saturated heterocycles. The second-order valence-corrected chi connectivity index (χ2v) is 23.0. The molecule has 89 heavy (non-hydrogen) atoms. The van der Waals surface area contributed by atoms with Crippen molar-refractivity contribution in [2.75, 3.05) is 33.9 Å². The predicted molar refractivity (Wildman–Crippen MR) is 292 cm³/mol. The maximum absolute atomic E-state index is 14.7. The van der Waals surface area contributed by atoms with E-state index in [1.165, 1.54) is 25.1 Å². The van der Waals surface area contributed by atoms with Crippen LogP contribution in [0.1, 0.15) is 21.5 Å². The summed E-state index contributed by atoms with van der Waals surface area (Å²) in [4.78, 5) is 46.8. The standard InChI is InChI=1S/C50H38N12O18S4.5Na/c1-24-14-36(41(80-2)23-35(24)59-61-38-21-32(82(71,72)73)15-25-16-33(83(74,75)76)22-40(64)43(25)38)60-62-45-42(84(77,78)79)18-26-17-31(81(68,69)70)20-37(44(26)46(45)65)53-50-55-48(51-27-6-4-3-5-7-27)54-49(56-50)52-28-8-10-29(11-9-28)57-58-30-12-13-39(63)34(19-30)47(66)67;;;;;/h3-23,57,60,64H,1-2H3,(H,66,67)(H,68,69,70)(H,71,72,73)(H,74,75,76)(H,77,78,79)(H3,51,52,53,54,55,56);;;;;/q;5*+1/p-5/b58-30-,61-59?,62-45-;;;;;. The molecule has 2 aliphatic rings. The second-order valence-electron chi connectivity index (χ2n) is 17.5. The number of benzene rings is 6. The number of phenols is 1. The Balaban J connectivity index is 0.00000339. The third-order valence-electron chi connectivity index (χ3n) is 11.8. The Kier molecular flexibility index (Phi) is 26.5. The maximum atomic E-state index is 14.7. The fraction of sp³-hybridized carbons (Fsp3) is 0.0400. The number of aliphatic carboxylic acids is 1. The molecule has 7 aromatic rings. The largest absolute Gasteiger partial charge is 1.00 e. The number of methoxy groups -OCH3 is 1. The Morgan fingerprint density at radius 3 is 1.69 bits per heavy atom. The van der Waals surface area contributed by atoms with Crippen LogP contribution in [0.15, 0.2) is 167 Å². The molecule has 0 saturated carbocycles. The molecule has 0 aliphatic heterocycles. The van der Waals surface area contributed by atoms with Crippen LogP contribution in [0.3, 0.4) is 0 Å². The van der Waals surface area contributed by atoms with Crippen molar-refractivity contribution < 1.29 is 229 Å². The number of hydrogen-bond donors (Lipinski definition) is 6. The number of allylic oxidation sites excluding steroid dienone is 4. The van der Waals surface area contributed by atoms with E-state index in [9.17, 15) is 76.5 Å². The van der Waals surface area contributed by atoms with E-state index in [4.69, 9.17) is 4.74 Å². The van der Waals surface area contributed by atoms with Crippen LogP contribution in [0, 0.1) is 6.92 Å². The van der Waals surface area contributed by atoms with Gasteiger partial charge in [0.1, 0.15) is 57.7 Å². The zero-order valence-corrected chi connectivity index (χ0v) is 60.5. The molecule has 2 aliphatic carbocycles. The molecular formula is C50H33N12Na5O18S4. The summed E-state index contributed by atoms with van der Waals surface area (Å²) in [5.74, 6) is -5.54. The molecule has 0 atom stereocenters. The molecule has 0 bridgehead atoms. The van der Waals surface area contributed by atoms with Crippen LogP contribution >= 0.6 is 0 Å². The number of aromatic nitrogens is 3. The molecule has 39 heteroatoms. The van der Waals surface area contributed by atoms with E-state index in [1.54, 1.807) is 54.6 Å². The summed E-state index contributed by atoms with van der Waals surface area (Å²) in [5.41, 5.74) is 2.75. The number of hydrazone groups is 2. The molecule has 6 aromatic carbocycles. The van der Waals surface area contributed by atoms with Gasteiger partial charge in [-0.15, -0.1) is 5.11 Å². The Morgan fingerprint density at radius 2 is 1.12 bits per heavy atom. The molecule has 6 N–H and O–H groups in total. The van der Waals surface area contributed by atoms with E-state index in [2.05, 4.69) is 62.2 Å². The summed E-state index contributed by atoms with van der Waals surface area (Å²) in [6.45, 7) is 1.44. The number of fused-ring (bicyclic) bond motifs is 2. The predicted octanol–water partition coefficient (Wildman–Crippen LogP) is -10.4. The SMILES string of the molecule is COc1cc(N=Nc2cc(S(=O)(=O)[O-])cc3cc(S(=O)(=O)[O-])cc(O)c23)c(C)cc1N/N=C1\C(=O)c2c(cc(S(=O)(=O)[O-])cc2Nc2nc(Nc3ccccc3)nc(Nc3ccc(N/N=C4/C=CC(=O)C(C(=O)[O-])=C4)cc3)n2)C=C1S(=O)(=O)[O-].[Na+].[Na+].[Na+].[Na+].[Na+]. The zero-order chi connectivity index (χ0) is 60.6. The molecule has 1 aromatic heterocycles. The summed E-state index contributed by atoms with van der Waals surface area (Å²) in [6.07, 6.45) is 3.95. The van der Waals surface area contributed by atoms with Gasteiger partial charge in [-0.05, 0) is 127 Å². The first-order valence-corrected chi connectivity index (χ1v) is 28.9. The number of anilines is 8. The van der Waals surface area contributed by atoms with Crippen LogP contribution in [0.25, 0.3) is 16.8 Å². The number of rotatable bonds is 18. The van der Waals surface area contributed by atoms with Crippen LogP contribution in [0.2, 0.25) is 0 Å². The number of carbonyl (C=O) groups excluding carboxylic acids is 3. The number of aryl methyl sites for hydroxylation is 1. The number of nitrogens with zero attached hydrogens (tertiary/aromatic N) is 7. The van der Waals surface area contributed by atoms with Gasteiger partial charge in [-0.25, -0.2) is 33.7 Å². The minimum Gasteiger partial charge on any atom is -0.744 e. The number of azo groups is 1. The fourth-order valence-electron chi connectivity index (χ4n) is 7.98. The van der Waals surface area contributed by atoms with Crippen molar-refractivity contribution in [1.29, 1.82) is 0 Å². The van der Waals surface area contributed by atoms with Gasteiger partial charge in [-0.1, -0.05) is 18.2 Å². The molecule has 430 valence electrons. The summed E-state index contributed by atoms with van der Waals surface area (Å²) in [6, 6.07) is 21.2. The van der Waals surface area contributed by atoms with Gasteiger partial charge < -0.3 is 53.9 Å². The molecule has 30 nitrogen and oxygen atoms in total. The van der Waals surface area contributed by atoms with E-state index < -0.39 is 123 Å². The number of para-hydroxylation sites is 1. The number of carboxylic acids is 1. The average molecular weight is 1330 g/mol. The quantitative estimate of drug-likeness (QED) is 0.0116. The van der Waals surface area contributed by atoms with Crippen LogP contribution in [-0.2, 0) is 50.1 Å². The van der Waals surface area contributed by atoms with Gasteiger partial charge in [0.25, 0.3) is 0 Å². The Morgan fingerprint density at radius 1 is 0.584 bits per heavy atom. The zero-order valence-electron chi connectivity index (χ0n) is 47.3. The summed E-state index contributed by atoms with van der Waals surface area (Å²) < 4.78 is 153. The Labute approximate surface area is 615 Å². The molecule has 0 radical (unpaired) electrons. The molecule has 0 fully saturated rings. The van der Waals surface area contributed by atoms with Crippen molar-refractivity contribution in [1.82, 2.24) is 15.0 Å². The van der Waals surface area contributed by atoms with Crippen molar-refractivity contribution in [2.45, 2.75) is 21.6 Å². The van der Waals surface area contributed by atoms with Gasteiger partial charge in [-0.3, -0.25) is 20.4 Å². The summed E-state index contributed by atoms with van der Waals surface area (Å²) in [5, 5.41) is 46.1. The third kappa shape index (κ3) is 18.5. The molecular weight excluding hydrogens is 1300 g/mol. The van der Waals surface area contributed by atoms with E-state index >= 15 is 0 Å². The van der Waals surface area contributed by atoms with Crippen LogP contribution < -0.4 is 184 Å². The van der Waals surface area contributed by atoms with Gasteiger partial charge in [0.2, 0.25) is 23.6 Å². The number of ether oxygens (including phenoxy) is 1. The first-order valence-electron chi connectivity index (χ1n) is 23.3. The number of carbonyl (C=O) groups is 3. The minimum atomic E-state index is -5.67. The first-order chi connectivity index (χ1) is 39.5. The maximum Gasteiger partial charge on any atom is 1.00 e. The van der Waals surface area contributed by atoms with E-state index in [0.29, 0.717) is 35.3 Å². The summed E-state index contributed by atoms with van der Waals surface area (Å²) >= 11 is 0. The topological polar surface area (TPSA) is 481 Å². The third-order valence-corrected chi connectivity index (χ3v) is 15.1. The number of phenolic OH excluding ortho intramolecular Hbond substituents is 1. The Hall–Kier alpha value is -5.20. The van der Waals surface area contributed by atoms with Gasteiger partial charge in [-0.2, -0.15) is 30.3 Å². The number of ketones is 2. The van der Waals surface area contributed by atoms with Crippen molar-refractivity contribution in [3.8, 4) is 11.5 Å². The monoisotopic (exact) mass is 1330 g/mol. The normalized spacial score (nSPS) is 13.9. The van der Waals surface area contributed by atoms with Gasteiger partial charge >= 0.3 is 148 Å². The van der Waals surface area contributed by atoms with Gasteiger partial charge in [0.05, 0.1) is 77.8 Å². The molecule has 9 rings (SSSR count). The summed E-state index contributed by atoms with van der Waals surface area (Å²) in [7, 11) is -20.4. The number of nitrogens with one attached hydrogen (secondary N) is 5. The van der Waals surface area contributed by atoms with Crippen LogP contribution in [-0.4, -0.2) is 108 Å². The van der Waals surface area contributed by atoms with E-state index in [1.807, 2.05) is 0 Å². The van der Waals surface area contributed by atoms with Gasteiger partial charge in [0.15, 0.2) is 5.78 Å². The second kappa shape index (κ2) is 30.9. The number of hydrogen-bond acceptors (Lipinski definition) is 30. The van der Waals surface area contributed by atoms with Crippen molar-refractivity contribution in [3.05, 3.63) is 149 Å². The Bertz CT molecular complexity index is 4670. The minimum absolute atomic E-state index is 0. The molecule has 0 unspecified atom stereocenters. The number of aromatic hydroxyl groups is 1. The van der Waals surface area contributed by atoms with Crippen molar-refractivity contribution in [3.63, 3.8) is 0 Å². The smallest absolute Gasteiger partial charge is 0.744 e. The van der Waals surface area contributed by atoms with Crippen LogP contribution in [0.4, 0.5) is 57.7 Å². The average Bonchev–Trinajstić information content (AvgIpc) is 0.995. The van der Waals surface area contributed by atoms with Gasteiger partial charge in [0, 0.05) is 23.0 Å². The molecule has 0 amide bonds. The fourth-order valence-corrected chi connectivity index (χ4v) is 10.2. The van der Waals surface area contributed by atoms with Crippen molar-refractivity contribution in [2.24, 2.45) is 20.4 Å². The van der Waals surface area contributed by atoms with Crippen LogP contribution in [0.5, 0.6) is 11.5 Å². The molecule has 0 spiro atoms. The van der Waals surface area contributed by atoms with E-state index in [-0.39, 0.29) is 199 Å². The van der Waals surface area contributed by atoms with E-state index in [0.717, 1.165) is 43.5 Å². The number of Topliss-reactive ketones (excluding diaryl/α,β-unsaturated/α-hetero) is 1. The van der Waals surface area contributed by atoms with Crippen molar-refractivity contribution >= 4 is 144 Å².